The van der Waals surface area contributed by atoms with Crippen LogP contribution in [0.4, 0.5) is 0 Å². The first-order valence-corrected chi connectivity index (χ1v) is 7.08. The predicted octanol–water partition coefficient (Wildman–Crippen LogP) is 3.65. The highest BCUT2D eigenvalue weighted by Crippen LogP contribution is 2.46. The molecule has 1 nitrogen and oxygen atoms in total. The molecule has 2 aromatic carbocycles. The summed E-state index contributed by atoms with van der Waals surface area (Å²) in [6.45, 7) is 0. The van der Waals surface area contributed by atoms with Gasteiger partial charge in [-0.2, -0.15) is 0 Å². The molecular weight excluding hydrogens is 256 g/mol. The third-order valence-corrected chi connectivity index (χ3v) is 4.09. The number of benzene rings is 2. The molecule has 1 heteroatoms. The van der Waals surface area contributed by atoms with E-state index in [9.17, 15) is 5.11 Å². The van der Waals surface area contributed by atoms with Gasteiger partial charge in [-0.1, -0.05) is 84.7 Å². The zero-order valence-electron chi connectivity index (χ0n) is 11.5. The molecule has 0 fully saturated rings. The lowest BCUT2D eigenvalue weighted by atomic mass is 9.91. The molecule has 100 valence electrons. The van der Waals surface area contributed by atoms with Gasteiger partial charge in [0.05, 0.1) is 5.92 Å². The molecule has 0 bridgehead atoms. The first-order valence-electron chi connectivity index (χ1n) is 7.08. The molecule has 0 saturated carbocycles. The summed E-state index contributed by atoms with van der Waals surface area (Å²) in [7, 11) is 0. The second-order valence-electron chi connectivity index (χ2n) is 5.37. The van der Waals surface area contributed by atoms with E-state index < -0.39 is 5.60 Å². The third-order valence-electron chi connectivity index (χ3n) is 4.09. The average molecular weight is 270 g/mol. The Balaban J connectivity index is 1.91. The second kappa shape index (κ2) is 4.48. The van der Waals surface area contributed by atoms with Crippen molar-refractivity contribution in [2.75, 3.05) is 0 Å². The second-order valence-corrected chi connectivity index (χ2v) is 5.37. The number of hydrogen-bond donors (Lipinski definition) is 1. The molecule has 0 unspecified atom stereocenters. The van der Waals surface area contributed by atoms with Crippen LogP contribution in [0.3, 0.4) is 0 Å². The first-order chi connectivity index (χ1) is 10.3. The van der Waals surface area contributed by atoms with Gasteiger partial charge in [0.1, 0.15) is 0 Å². The van der Waals surface area contributed by atoms with Crippen LogP contribution in [0.2, 0.25) is 0 Å². The summed E-state index contributed by atoms with van der Waals surface area (Å²) in [6, 6.07) is 15.9. The van der Waals surface area contributed by atoms with Crippen molar-refractivity contribution in [3.63, 3.8) is 0 Å². The zero-order chi connectivity index (χ0) is 14.3. The van der Waals surface area contributed by atoms with Crippen LogP contribution in [0.5, 0.6) is 0 Å². The van der Waals surface area contributed by atoms with Crippen molar-refractivity contribution >= 4 is 0 Å². The van der Waals surface area contributed by atoms with Gasteiger partial charge in [-0.15, -0.1) is 0 Å². The number of aliphatic hydroxyl groups is 1. The molecule has 0 aliphatic heterocycles. The molecule has 0 aromatic heterocycles. The Kier molecular flexibility index (Phi) is 2.60. The lowest BCUT2D eigenvalue weighted by Gasteiger charge is -2.19. The van der Waals surface area contributed by atoms with Gasteiger partial charge in [0.25, 0.3) is 0 Å². The van der Waals surface area contributed by atoms with Gasteiger partial charge in [0.2, 0.25) is 0 Å². The van der Waals surface area contributed by atoms with Crippen molar-refractivity contribution < 1.29 is 5.11 Å². The summed E-state index contributed by atoms with van der Waals surface area (Å²) >= 11 is 0. The molecule has 4 rings (SSSR count). The van der Waals surface area contributed by atoms with E-state index >= 15 is 0 Å². The number of rotatable bonds is 0. The molecule has 1 N–H and O–H groups in total. The van der Waals surface area contributed by atoms with E-state index in [4.69, 9.17) is 0 Å². The van der Waals surface area contributed by atoms with Crippen LogP contribution in [-0.4, -0.2) is 5.11 Å². The van der Waals surface area contributed by atoms with Gasteiger partial charge in [0.15, 0.2) is 5.60 Å². The predicted molar refractivity (Wildman–Crippen MR) is 84.4 cm³/mol. The van der Waals surface area contributed by atoms with Gasteiger partial charge < -0.3 is 5.11 Å². The van der Waals surface area contributed by atoms with Gasteiger partial charge in [-0.3, -0.25) is 0 Å². The first kappa shape index (κ1) is 12.2. The standard InChI is InChI=1S/C20H14O/c21-20(14-13-15-7-1-2-8-15)18-11-5-3-9-16(18)17-10-4-6-12-19(17)20/h1-12,15,21H. The van der Waals surface area contributed by atoms with E-state index in [1.165, 1.54) is 0 Å². The molecule has 21 heavy (non-hydrogen) atoms. The normalized spacial score (nSPS) is 17.2. The molecule has 0 amide bonds. The van der Waals surface area contributed by atoms with Crippen LogP contribution in [-0.2, 0) is 5.60 Å². The maximum Gasteiger partial charge on any atom is 0.178 e. The monoisotopic (exact) mass is 270 g/mol. The Morgan fingerprint density at radius 2 is 1.33 bits per heavy atom. The molecule has 0 saturated heterocycles. The SMILES string of the molecule is OC1(C#CC2C=CC=C2)c2ccccc2-c2ccccc21. The van der Waals surface area contributed by atoms with Crippen molar-refractivity contribution in [3.05, 3.63) is 84.0 Å². The fourth-order valence-corrected chi connectivity index (χ4v) is 3.06. The Labute approximate surface area is 124 Å². The maximum atomic E-state index is 11.2. The van der Waals surface area contributed by atoms with Gasteiger partial charge in [0, 0.05) is 11.1 Å². The van der Waals surface area contributed by atoms with Crippen molar-refractivity contribution in [3.8, 4) is 23.0 Å². The minimum atomic E-state index is -1.21. The minimum Gasteiger partial charge on any atom is -0.369 e. The van der Waals surface area contributed by atoms with Crippen molar-refractivity contribution in [1.29, 1.82) is 0 Å². The molecule has 0 heterocycles. The fourth-order valence-electron chi connectivity index (χ4n) is 3.06. The summed E-state index contributed by atoms with van der Waals surface area (Å²) in [6.07, 6.45) is 8.03. The third kappa shape index (κ3) is 1.77. The lowest BCUT2D eigenvalue weighted by molar-refractivity contribution is 0.150. The van der Waals surface area contributed by atoms with E-state index in [0.717, 1.165) is 22.3 Å². The summed E-state index contributed by atoms with van der Waals surface area (Å²) < 4.78 is 0. The molecule has 0 spiro atoms. The van der Waals surface area contributed by atoms with Crippen LogP contribution < -0.4 is 0 Å². The largest absolute Gasteiger partial charge is 0.369 e. The Morgan fingerprint density at radius 3 is 1.90 bits per heavy atom. The van der Waals surface area contributed by atoms with Crippen molar-refractivity contribution in [2.45, 2.75) is 5.60 Å². The van der Waals surface area contributed by atoms with Gasteiger partial charge >= 0.3 is 0 Å². The summed E-state index contributed by atoms with van der Waals surface area (Å²) in [5.74, 6) is 6.38. The van der Waals surface area contributed by atoms with Gasteiger partial charge in [-0.25, -0.2) is 0 Å². The van der Waals surface area contributed by atoms with Gasteiger partial charge in [-0.05, 0) is 11.1 Å². The fraction of sp³-hybridized carbons (Fsp3) is 0.100. The number of fused-ring (bicyclic) bond motifs is 3. The highest BCUT2D eigenvalue weighted by Gasteiger charge is 2.39. The summed E-state index contributed by atoms with van der Waals surface area (Å²) in [5, 5.41) is 11.2. The van der Waals surface area contributed by atoms with Crippen LogP contribution in [0.15, 0.2) is 72.8 Å². The Hall–Kier alpha value is -2.56. The van der Waals surface area contributed by atoms with Crippen LogP contribution in [0.1, 0.15) is 11.1 Å². The minimum absolute atomic E-state index is 0.0916. The molecule has 2 aromatic rings. The van der Waals surface area contributed by atoms with E-state index in [1.54, 1.807) is 0 Å². The summed E-state index contributed by atoms with van der Waals surface area (Å²) in [4.78, 5) is 0. The lowest BCUT2D eigenvalue weighted by Crippen LogP contribution is -2.22. The van der Waals surface area contributed by atoms with E-state index in [-0.39, 0.29) is 5.92 Å². The number of hydrogen-bond acceptors (Lipinski definition) is 1. The zero-order valence-corrected chi connectivity index (χ0v) is 11.5. The van der Waals surface area contributed by atoms with E-state index in [1.807, 2.05) is 72.8 Å². The van der Waals surface area contributed by atoms with Crippen molar-refractivity contribution in [2.24, 2.45) is 5.92 Å². The van der Waals surface area contributed by atoms with E-state index in [0.29, 0.717) is 0 Å². The maximum absolute atomic E-state index is 11.2. The molecule has 0 radical (unpaired) electrons. The molecule has 2 aliphatic rings. The molecule has 2 aliphatic carbocycles. The average Bonchev–Trinajstić information content (AvgIpc) is 3.13. The van der Waals surface area contributed by atoms with Crippen LogP contribution in [0, 0.1) is 17.8 Å². The highest BCUT2D eigenvalue weighted by molar-refractivity contribution is 5.81. The smallest absolute Gasteiger partial charge is 0.178 e. The molecule has 0 atom stereocenters. The molecular formula is C20H14O. The van der Waals surface area contributed by atoms with Crippen molar-refractivity contribution in [1.82, 2.24) is 0 Å². The topological polar surface area (TPSA) is 20.2 Å². The Morgan fingerprint density at radius 1 is 0.810 bits per heavy atom. The highest BCUT2D eigenvalue weighted by atomic mass is 16.3. The number of allylic oxidation sites excluding steroid dienone is 4. The summed E-state index contributed by atoms with van der Waals surface area (Å²) in [5.41, 5.74) is 2.69. The van der Waals surface area contributed by atoms with Crippen LogP contribution >= 0.6 is 0 Å². The Bertz CT molecular complexity index is 773. The van der Waals surface area contributed by atoms with E-state index in [2.05, 4.69) is 11.8 Å². The quantitative estimate of drug-likeness (QED) is 0.724. The van der Waals surface area contributed by atoms with Crippen LogP contribution in [0.25, 0.3) is 11.1 Å².